The van der Waals surface area contributed by atoms with Crippen LogP contribution >= 0.6 is 0 Å². The molecule has 0 saturated carbocycles. The first-order chi connectivity index (χ1) is 11.4. The molecular formula is C16H22N2O5S. The van der Waals surface area contributed by atoms with Crippen LogP contribution in [0.3, 0.4) is 0 Å². The van der Waals surface area contributed by atoms with Crippen molar-refractivity contribution in [3.8, 4) is 0 Å². The summed E-state index contributed by atoms with van der Waals surface area (Å²) in [7, 11) is -3.83. The molecule has 1 saturated heterocycles. The molecule has 1 fully saturated rings. The zero-order valence-electron chi connectivity index (χ0n) is 13.8. The lowest BCUT2D eigenvalue weighted by molar-refractivity contribution is -0.142. The van der Waals surface area contributed by atoms with Crippen LogP contribution in [-0.4, -0.2) is 48.7 Å². The molecule has 1 aromatic carbocycles. The van der Waals surface area contributed by atoms with Gasteiger partial charge in [-0.3, -0.25) is 4.79 Å². The first-order valence-corrected chi connectivity index (χ1v) is 9.33. The second kappa shape index (κ2) is 7.76. The average molecular weight is 354 g/mol. The predicted octanol–water partition coefficient (Wildman–Crippen LogP) is 2.07. The van der Waals surface area contributed by atoms with Gasteiger partial charge in [0, 0.05) is 6.54 Å². The van der Waals surface area contributed by atoms with Crippen molar-refractivity contribution in [2.75, 3.05) is 13.2 Å². The number of aliphatic carboxylic acids is 1. The highest BCUT2D eigenvalue weighted by Gasteiger charge is 2.37. The quantitative estimate of drug-likeness (QED) is 0.623. The predicted molar refractivity (Wildman–Crippen MR) is 89.4 cm³/mol. The fraction of sp³-hybridized carbons (Fsp3) is 0.500. The largest absolute Gasteiger partial charge is 0.480 e. The van der Waals surface area contributed by atoms with E-state index in [4.69, 9.17) is 4.84 Å². The minimum atomic E-state index is -3.83. The van der Waals surface area contributed by atoms with Crippen LogP contribution < -0.4 is 0 Å². The van der Waals surface area contributed by atoms with Crippen molar-refractivity contribution in [2.24, 2.45) is 5.16 Å². The topological polar surface area (TPSA) is 96.3 Å². The van der Waals surface area contributed by atoms with Gasteiger partial charge < -0.3 is 9.94 Å². The maximum Gasteiger partial charge on any atom is 0.322 e. The van der Waals surface area contributed by atoms with E-state index >= 15 is 0 Å². The molecule has 1 aliphatic rings. The van der Waals surface area contributed by atoms with Crippen LogP contribution in [0.15, 0.2) is 34.3 Å². The molecule has 0 amide bonds. The number of oxime groups is 1. The van der Waals surface area contributed by atoms with E-state index in [9.17, 15) is 18.3 Å². The van der Waals surface area contributed by atoms with Crippen molar-refractivity contribution >= 4 is 21.7 Å². The molecule has 24 heavy (non-hydrogen) atoms. The van der Waals surface area contributed by atoms with Crippen molar-refractivity contribution in [3.05, 3.63) is 29.8 Å². The van der Waals surface area contributed by atoms with Gasteiger partial charge in [0.25, 0.3) is 0 Å². The van der Waals surface area contributed by atoms with E-state index in [0.717, 1.165) is 16.3 Å². The van der Waals surface area contributed by atoms with Gasteiger partial charge in [0.15, 0.2) is 0 Å². The van der Waals surface area contributed by atoms with E-state index in [-0.39, 0.29) is 11.4 Å². The number of piperidine rings is 1. The van der Waals surface area contributed by atoms with Crippen LogP contribution in [0.25, 0.3) is 0 Å². The first-order valence-electron chi connectivity index (χ1n) is 7.89. The summed E-state index contributed by atoms with van der Waals surface area (Å²) in [6, 6.07) is 5.24. The number of hydrogen-bond donors (Lipinski definition) is 1. The Kier molecular flexibility index (Phi) is 5.95. The monoisotopic (exact) mass is 354 g/mol. The molecule has 0 bridgehead atoms. The molecule has 1 heterocycles. The van der Waals surface area contributed by atoms with Gasteiger partial charge >= 0.3 is 5.97 Å². The minimum Gasteiger partial charge on any atom is -0.480 e. The minimum absolute atomic E-state index is 0.0867. The average Bonchev–Trinajstić information content (AvgIpc) is 2.59. The lowest BCUT2D eigenvalue weighted by Gasteiger charge is -2.31. The molecule has 1 aliphatic heterocycles. The van der Waals surface area contributed by atoms with Crippen LogP contribution in [0, 0.1) is 0 Å². The van der Waals surface area contributed by atoms with Gasteiger partial charge in [0.1, 0.15) is 12.6 Å². The Morgan fingerprint density at radius 2 is 2.00 bits per heavy atom. The van der Waals surface area contributed by atoms with Crippen molar-refractivity contribution in [1.82, 2.24) is 4.31 Å². The molecule has 2 rings (SSSR count). The lowest BCUT2D eigenvalue weighted by atomic mass is 10.1. The number of sulfonamides is 1. The molecule has 1 aromatic rings. The van der Waals surface area contributed by atoms with Gasteiger partial charge in [-0.1, -0.05) is 17.3 Å². The van der Waals surface area contributed by atoms with Gasteiger partial charge in [0.2, 0.25) is 10.0 Å². The van der Waals surface area contributed by atoms with E-state index < -0.39 is 22.0 Å². The van der Waals surface area contributed by atoms with E-state index in [0.29, 0.717) is 25.2 Å². The molecule has 0 spiro atoms. The van der Waals surface area contributed by atoms with Gasteiger partial charge in [0.05, 0.1) is 10.6 Å². The molecule has 7 nitrogen and oxygen atoms in total. The Hall–Kier alpha value is -1.93. The highest BCUT2D eigenvalue weighted by atomic mass is 32.2. The first kappa shape index (κ1) is 18.4. The van der Waals surface area contributed by atoms with Crippen LogP contribution in [0.5, 0.6) is 0 Å². The molecular weight excluding hydrogens is 332 g/mol. The standard InChI is InChI=1S/C16H22N2O5S/c1-3-23-17-12(2)13-7-9-14(10-8-13)24(21,22)18-11-5-4-6-15(18)16(19)20/h7-10,15H,3-6,11H2,1-2H3,(H,19,20). The number of hydrogen-bond acceptors (Lipinski definition) is 5. The zero-order valence-corrected chi connectivity index (χ0v) is 14.6. The van der Waals surface area contributed by atoms with Crippen LogP contribution in [0.4, 0.5) is 0 Å². The van der Waals surface area contributed by atoms with Gasteiger partial charge in [-0.05, 0) is 50.8 Å². The van der Waals surface area contributed by atoms with Crippen molar-refractivity contribution in [2.45, 2.75) is 44.0 Å². The number of rotatable bonds is 6. The van der Waals surface area contributed by atoms with Gasteiger partial charge in [-0.15, -0.1) is 0 Å². The van der Waals surface area contributed by atoms with Crippen LogP contribution in [0.1, 0.15) is 38.7 Å². The molecule has 1 N–H and O–H groups in total. The SMILES string of the molecule is CCON=C(C)c1ccc(S(=O)(=O)N2CCCCC2C(=O)O)cc1. The normalized spacial score (nSPS) is 19.9. The van der Waals surface area contributed by atoms with Crippen molar-refractivity contribution in [1.29, 1.82) is 0 Å². The molecule has 8 heteroatoms. The summed E-state index contributed by atoms with van der Waals surface area (Å²) in [4.78, 5) is 16.4. The van der Waals surface area contributed by atoms with E-state index in [1.54, 1.807) is 19.1 Å². The highest BCUT2D eigenvalue weighted by molar-refractivity contribution is 7.89. The summed E-state index contributed by atoms with van der Waals surface area (Å²) < 4.78 is 26.6. The number of carboxylic acids is 1. The third kappa shape index (κ3) is 3.93. The Balaban J connectivity index is 2.27. The fourth-order valence-electron chi connectivity index (χ4n) is 2.66. The third-order valence-electron chi connectivity index (χ3n) is 3.95. The number of benzene rings is 1. The van der Waals surface area contributed by atoms with Gasteiger partial charge in [-0.2, -0.15) is 4.31 Å². The van der Waals surface area contributed by atoms with E-state index in [1.165, 1.54) is 12.1 Å². The summed E-state index contributed by atoms with van der Waals surface area (Å²) in [5.74, 6) is -1.10. The summed E-state index contributed by atoms with van der Waals surface area (Å²) in [6.07, 6.45) is 1.73. The van der Waals surface area contributed by atoms with Crippen molar-refractivity contribution in [3.63, 3.8) is 0 Å². The Morgan fingerprint density at radius 1 is 1.33 bits per heavy atom. The summed E-state index contributed by atoms with van der Waals surface area (Å²) in [6.45, 7) is 4.27. The molecule has 0 aromatic heterocycles. The molecule has 0 radical (unpaired) electrons. The van der Waals surface area contributed by atoms with E-state index in [2.05, 4.69) is 5.16 Å². The third-order valence-corrected chi connectivity index (χ3v) is 5.87. The van der Waals surface area contributed by atoms with E-state index in [1.807, 2.05) is 6.92 Å². The summed E-state index contributed by atoms with van der Waals surface area (Å²) in [5, 5.41) is 13.2. The summed E-state index contributed by atoms with van der Waals surface area (Å²) in [5.41, 5.74) is 1.39. The molecule has 132 valence electrons. The number of nitrogens with zero attached hydrogens (tertiary/aromatic N) is 2. The Bertz CT molecular complexity index is 712. The zero-order chi connectivity index (χ0) is 17.7. The number of carboxylic acid groups (broad SMARTS) is 1. The maximum absolute atomic E-state index is 12.8. The van der Waals surface area contributed by atoms with Crippen LogP contribution in [-0.2, 0) is 19.7 Å². The maximum atomic E-state index is 12.8. The Labute approximate surface area is 142 Å². The number of carbonyl (C=O) groups is 1. The second-order valence-corrected chi connectivity index (χ2v) is 7.47. The fourth-order valence-corrected chi connectivity index (χ4v) is 4.31. The van der Waals surface area contributed by atoms with Gasteiger partial charge in [-0.25, -0.2) is 8.42 Å². The smallest absolute Gasteiger partial charge is 0.322 e. The van der Waals surface area contributed by atoms with Crippen LogP contribution in [0.2, 0.25) is 0 Å². The molecule has 1 unspecified atom stereocenters. The molecule has 0 aliphatic carbocycles. The highest BCUT2D eigenvalue weighted by Crippen LogP contribution is 2.25. The molecule has 1 atom stereocenters. The Morgan fingerprint density at radius 3 is 2.58 bits per heavy atom. The van der Waals surface area contributed by atoms with Crippen molar-refractivity contribution < 1.29 is 23.2 Å². The summed E-state index contributed by atoms with van der Waals surface area (Å²) >= 11 is 0. The second-order valence-electron chi connectivity index (χ2n) is 5.58. The lowest BCUT2D eigenvalue weighted by Crippen LogP contribution is -2.47.